The summed E-state index contributed by atoms with van der Waals surface area (Å²) in [6.07, 6.45) is 2.26. The Balaban J connectivity index is 1.20. The van der Waals surface area contributed by atoms with E-state index in [4.69, 9.17) is 14.5 Å². The zero-order chi connectivity index (χ0) is 25.2. The minimum atomic E-state index is -0.967. The van der Waals surface area contributed by atoms with Crippen LogP contribution in [0.2, 0.25) is 0 Å². The number of imidazole rings is 1. The number of nitrogens with zero attached hydrogens (tertiary/aromatic N) is 5. The van der Waals surface area contributed by atoms with Crippen LogP contribution < -0.4 is 4.90 Å². The highest BCUT2D eigenvalue weighted by atomic mass is 19.1. The van der Waals surface area contributed by atoms with E-state index in [1.54, 1.807) is 11.1 Å². The molecule has 10 nitrogen and oxygen atoms in total. The predicted molar refractivity (Wildman–Crippen MR) is 129 cm³/mol. The van der Waals surface area contributed by atoms with E-state index in [0.29, 0.717) is 50.7 Å². The van der Waals surface area contributed by atoms with E-state index in [2.05, 4.69) is 14.9 Å². The van der Waals surface area contributed by atoms with Gasteiger partial charge in [0.1, 0.15) is 29.2 Å². The van der Waals surface area contributed by atoms with Gasteiger partial charge in [0, 0.05) is 37.9 Å². The quantitative estimate of drug-likeness (QED) is 0.691. The van der Waals surface area contributed by atoms with Gasteiger partial charge in [-0.1, -0.05) is 0 Å². The molecule has 4 fully saturated rings. The van der Waals surface area contributed by atoms with Crippen LogP contribution >= 0.6 is 0 Å². The maximum Gasteiger partial charge on any atom is 0.410 e. The lowest BCUT2D eigenvalue weighted by molar-refractivity contribution is -0.136. The first-order chi connectivity index (χ1) is 17.2. The molecule has 2 bridgehead atoms. The molecule has 6 rings (SSSR count). The molecule has 3 saturated heterocycles. The lowest BCUT2D eigenvalue weighted by Gasteiger charge is -2.42. The number of rotatable bonds is 3. The van der Waals surface area contributed by atoms with E-state index in [1.165, 1.54) is 0 Å². The standard InChI is InChI=1S/C25H33FN6O4/c1-25(2,3)36-24(34)30-8-9-35-19(13-30)21-28-20-18(6-7-27-22(20)29-21)31-11-14-4-5-15(12-31)32(14)23(33)16-10-17(16)26/h6-7,14-17,19H,4-5,8-13H2,1-3H3,(H,27,28,29)/t14?,15?,16-,17-,19?/m1/s1. The van der Waals surface area contributed by atoms with Crippen molar-refractivity contribution in [2.45, 2.75) is 70.0 Å². The third-order valence-electron chi connectivity index (χ3n) is 7.51. The van der Waals surface area contributed by atoms with E-state index in [9.17, 15) is 14.0 Å². The molecule has 3 aliphatic heterocycles. The monoisotopic (exact) mass is 500 g/mol. The molecule has 194 valence electrons. The second-order valence-corrected chi connectivity index (χ2v) is 11.3. The molecule has 36 heavy (non-hydrogen) atoms. The number of ether oxygens (including phenoxy) is 2. The Morgan fingerprint density at radius 2 is 1.92 bits per heavy atom. The number of hydrogen-bond acceptors (Lipinski definition) is 7. The minimum Gasteiger partial charge on any atom is -0.444 e. The van der Waals surface area contributed by atoms with Gasteiger partial charge >= 0.3 is 6.09 Å². The van der Waals surface area contributed by atoms with Gasteiger partial charge in [0.15, 0.2) is 5.65 Å². The van der Waals surface area contributed by atoms with Crippen molar-refractivity contribution in [1.82, 2.24) is 24.8 Å². The number of H-pyrrole nitrogens is 1. The van der Waals surface area contributed by atoms with Crippen LogP contribution in [-0.4, -0.2) is 93.4 Å². The van der Waals surface area contributed by atoms with Crippen molar-refractivity contribution in [2.24, 2.45) is 5.92 Å². The molecule has 4 aliphatic rings. The van der Waals surface area contributed by atoms with Crippen LogP contribution in [0, 0.1) is 5.92 Å². The maximum absolute atomic E-state index is 13.6. The zero-order valence-corrected chi connectivity index (χ0v) is 20.9. The molecule has 2 aromatic rings. The van der Waals surface area contributed by atoms with Crippen molar-refractivity contribution in [3.8, 4) is 0 Å². The van der Waals surface area contributed by atoms with Gasteiger partial charge in [0.05, 0.1) is 24.8 Å². The largest absolute Gasteiger partial charge is 0.444 e. The van der Waals surface area contributed by atoms with Crippen molar-refractivity contribution < 1.29 is 23.5 Å². The zero-order valence-electron chi connectivity index (χ0n) is 20.9. The molecular weight excluding hydrogens is 467 g/mol. The molecule has 2 aromatic heterocycles. The molecule has 5 atom stereocenters. The molecule has 1 aliphatic carbocycles. The average Bonchev–Trinajstić information content (AvgIpc) is 3.30. The van der Waals surface area contributed by atoms with Crippen molar-refractivity contribution in [2.75, 3.05) is 37.7 Å². The summed E-state index contributed by atoms with van der Waals surface area (Å²) < 4.78 is 25.0. The summed E-state index contributed by atoms with van der Waals surface area (Å²) >= 11 is 0. The molecule has 11 heteroatoms. The topological polar surface area (TPSA) is 104 Å². The van der Waals surface area contributed by atoms with Gasteiger partial charge in [0.2, 0.25) is 5.91 Å². The predicted octanol–water partition coefficient (Wildman–Crippen LogP) is 2.80. The molecule has 1 saturated carbocycles. The summed E-state index contributed by atoms with van der Waals surface area (Å²) in [4.78, 5) is 43.9. The number of piperazine rings is 1. The Kier molecular flexibility index (Phi) is 5.58. The Morgan fingerprint density at radius 1 is 1.19 bits per heavy atom. The number of hydrogen-bond donors (Lipinski definition) is 1. The van der Waals surface area contributed by atoms with Gasteiger partial charge < -0.3 is 29.2 Å². The highest BCUT2D eigenvalue weighted by Crippen LogP contribution is 2.41. The van der Waals surface area contributed by atoms with E-state index in [-0.39, 0.29) is 24.1 Å². The van der Waals surface area contributed by atoms with Gasteiger partial charge in [-0.15, -0.1) is 0 Å². The van der Waals surface area contributed by atoms with E-state index < -0.39 is 23.8 Å². The number of pyridine rings is 1. The Labute approximate surface area is 209 Å². The summed E-state index contributed by atoms with van der Waals surface area (Å²) in [5.41, 5.74) is 1.80. The molecule has 2 amide bonds. The molecule has 0 spiro atoms. The Hall–Kier alpha value is -2.95. The number of fused-ring (bicyclic) bond motifs is 3. The minimum absolute atomic E-state index is 0.0134. The normalized spacial score (nSPS) is 30.1. The fourth-order valence-electron chi connectivity index (χ4n) is 5.70. The smallest absolute Gasteiger partial charge is 0.410 e. The summed E-state index contributed by atoms with van der Waals surface area (Å²) in [7, 11) is 0. The molecule has 5 heterocycles. The van der Waals surface area contributed by atoms with Crippen LogP contribution in [0.25, 0.3) is 11.2 Å². The van der Waals surface area contributed by atoms with Gasteiger partial charge in [0.25, 0.3) is 0 Å². The van der Waals surface area contributed by atoms with Crippen LogP contribution in [0.1, 0.15) is 52.0 Å². The number of morpholine rings is 1. The number of anilines is 1. The fraction of sp³-hybridized carbons (Fsp3) is 0.680. The number of amides is 2. The molecule has 0 radical (unpaired) electrons. The Bertz CT molecular complexity index is 1170. The number of carbonyl (C=O) groups is 2. The van der Waals surface area contributed by atoms with Crippen molar-refractivity contribution in [3.05, 3.63) is 18.1 Å². The first-order valence-corrected chi connectivity index (χ1v) is 12.8. The average molecular weight is 501 g/mol. The summed E-state index contributed by atoms with van der Waals surface area (Å²) in [6, 6.07) is 2.14. The molecule has 3 unspecified atom stereocenters. The highest BCUT2D eigenvalue weighted by molar-refractivity contribution is 5.87. The number of nitrogens with one attached hydrogen (secondary N) is 1. The van der Waals surface area contributed by atoms with Crippen LogP contribution in [0.5, 0.6) is 0 Å². The lowest BCUT2D eigenvalue weighted by Crippen LogP contribution is -2.56. The second-order valence-electron chi connectivity index (χ2n) is 11.3. The molecular formula is C25H33FN6O4. The third kappa shape index (κ3) is 4.27. The first kappa shape index (κ1) is 23.4. The van der Waals surface area contributed by atoms with E-state index >= 15 is 0 Å². The van der Waals surface area contributed by atoms with Gasteiger partial charge in [-0.05, 0) is 46.1 Å². The highest BCUT2D eigenvalue weighted by Gasteiger charge is 2.51. The third-order valence-corrected chi connectivity index (χ3v) is 7.51. The van der Waals surface area contributed by atoms with Gasteiger partial charge in [-0.2, -0.15) is 0 Å². The molecule has 0 aromatic carbocycles. The number of alkyl halides is 1. The lowest BCUT2D eigenvalue weighted by atomic mass is 10.1. The maximum atomic E-state index is 13.6. The summed E-state index contributed by atoms with van der Waals surface area (Å²) in [5, 5.41) is 0. The molecule has 1 N–H and O–H groups in total. The van der Waals surface area contributed by atoms with Gasteiger partial charge in [-0.3, -0.25) is 4.79 Å². The Morgan fingerprint density at radius 3 is 2.58 bits per heavy atom. The fourth-order valence-corrected chi connectivity index (χ4v) is 5.70. The summed E-state index contributed by atoms with van der Waals surface area (Å²) in [5.74, 6) is 0.176. The van der Waals surface area contributed by atoms with Crippen molar-refractivity contribution in [3.63, 3.8) is 0 Å². The van der Waals surface area contributed by atoms with Crippen LogP contribution in [0.4, 0.5) is 14.9 Å². The van der Waals surface area contributed by atoms with Gasteiger partial charge in [-0.25, -0.2) is 19.2 Å². The van der Waals surface area contributed by atoms with E-state index in [0.717, 1.165) is 24.0 Å². The van der Waals surface area contributed by atoms with Crippen LogP contribution in [-0.2, 0) is 14.3 Å². The second kappa shape index (κ2) is 8.57. The number of aromatic nitrogens is 3. The van der Waals surface area contributed by atoms with Crippen molar-refractivity contribution in [1.29, 1.82) is 0 Å². The van der Waals surface area contributed by atoms with Crippen molar-refractivity contribution >= 4 is 28.9 Å². The SMILES string of the molecule is CC(C)(C)OC(=O)N1CCOC(c2nc3c(N4CC5CCC(C4)N5C(=O)[C@@H]4C[C@H]4F)ccnc3[nH]2)C1. The van der Waals surface area contributed by atoms with Crippen LogP contribution in [0.15, 0.2) is 12.3 Å². The van der Waals surface area contributed by atoms with Crippen LogP contribution in [0.3, 0.4) is 0 Å². The number of halogens is 1. The first-order valence-electron chi connectivity index (χ1n) is 12.8. The number of carbonyl (C=O) groups excluding carboxylic acids is 2. The number of aromatic amines is 1. The summed E-state index contributed by atoms with van der Waals surface area (Å²) in [6.45, 7) is 8.12. The van der Waals surface area contributed by atoms with E-state index in [1.807, 2.05) is 31.7 Å².